The molecule has 0 spiro atoms. The van der Waals surface area contributed by atoms with E-state index in [2.05, 4.69) is 6.92 Å². The lowest BCUT2D eigenvalue weighted by Gasteiger charge is -2.13. The minimum Gasteiger partial charge on any atom is -0.461 e. The number of hydrogen-bond donors (Lipinski definition) is 2. The monoisotopic (exact) mass is 358 g/mol. The van der Waals surface area contributed by atoms with E-state index in [0.29, 0.717) is 13.0 Å². The summed E-state index contributed by atoms with van der Waals surface area (Å²) in [6.07, 6.45) is 15.1. The van der Waals surface area contributed by atoms with Gasteiger partial charge in [0.15, 0.2) is 5.60 Å². The highest BCUT2D eigenvalue weighted by molar-refractivity contribution is 5.82. The number of carbonyl (C=O) groups is 1. The SMILES string of the molecule is CCCCCCCCCCCCCC[C@@]1(C(=O)OC[C@@H](O)CO)CO1. The van der Waals surface area contributed by atoms with Crippen molar-refractivity contribution < 1.29 is 24.5 Å². The van der Waals surface area contributed by atoms with Gasteiger partial charge in [-0.05, 0) is 12.8 Å². The van der Waals surface area contributed by atoms with Crippen molar-refractivity contribution >= 4 is 5.97 Å². The van der Waals surface area contributed by atoms with E-state index >= 15 is 0 Å². The smallest absolute Gasteiger partial charge is 0.340 e. The maximum absolute atomic E-state index is 11.9. The molecule has 148 valence electrons. The van der Waals surface area contributed by atoms with Crippen molar-refractivity contribution in [2.45, 2.75) is 102 Å². The number of carbonyl (C=O) groups excluding carboxylic acids is 1. The number of rotatable bonds is 17. The minimum absolute atomic E-state index is 0.168. The maximum Gasteiger partial charge on any atom is 0.340 e. The van der Waals surface area contributed by atoms with Crippen molar-refractivity contribution in [3.05, 3.63) is 0 Å². The molecule has 5 nitrogen and oxygen atoms in total. The largest absolute Gasteiger partial charge is 0.461 e. The summed E-state index contributed by atoms with van der Waals surface area (Å²) in [4.78, 5) is 11.9. The Morgan fingerprint density at radius 2 is 1.48 bits per heavy atom. The first-order chi connectivity index (χ1) is 12.1. The van der Waals surface area contributed by atoms with Crippen LogP contribution in [-0.4, -0.2) is 47.7 Å². The standard InChI is InChI=1S/C20H38O5/c1-2-3-4-5-6-7-8-9-10-11-12-13-14-20(17-25-20)19(23)24-16-18(22)15-21/h18,21-22H,2-17H2,1H3/t18-,20-/m0/s1. The lowest BCUT2D eigenvalue weighted by atomic mass is 10.0. The van der Waals surface area contributed by atoms with Gasteiger partial charge in [-0.15, -0.1) is 0 Å². The van der Waals surface area contributed by atoms with Gasteiger partial charge < -0.3 is 19.7 Å². The fraction of sp³-hybridized carbons (Fsp3) is 0.950. The molecule has 2 N–H and O–H groups in total. The van der Waals surface area contributed by atoms with Crippen LogP contribution >= 0.6 is 0 Å². The Balaban J connectivity index is 1.91. The second-order valence-corrected chi connectivity index (χ2v) is 7.36. The molecule has 1 heterocycles. The maximum atomic E-state index is 11.9. The van der Waals surface area contributed by atoms with Crippen molar-refractivity contribution in [1.29, 1.82) is 0 Å². The molecular formula is C20H38O5. The Morgan fingerprint density at radius 1 is 1.00 bits per heavy atom. The van der Waals surface area contributed by atoms with Crippen LogP contribution in [0.25, 0.3) is 0 Å². The predicted molar refractivity (Wildman–Crippen MR) is 98.4 cm³/mol. The van der Waals surface area contributed by atoms with Crippen LogP contribution in [0.3, 0.4) is 0 Å². The third-order valence-corrected chi connectivity index (χ3v) is 4.92. The number of esters is 1. The van der Waals surface area contributed by atoms with E-state index in [-0.39, 0.29) is 6.61 Å². The van der Waals surface area contributed by atoms with Crippen LogP contribution in [0, 0.1) is 0 Å². The molecule has 0 radical (unpaired) electrons. The Labute approximate surface area is 153 Å². The Bertz CT molecular complexity index is 341. The van der Waals surface area contributed by atoms with Crippen molar-refractivity contribution in [3.8, 4) is 0 Å². The minimum atomic E-state index is -1.01. The van der Waals surface area contributed by atoms with E-state index in [4.69, 9.17) is 14.6 Å². The number of aliphatic hydroxyl groups is 2. The molecule has 25 heavy (non-hydrogen) atoms. The lowest BCUT2D eigenvalue weighted by Crippen LogP contribution is -2.31. The number of aliphatic hydroxyl groups excluding tert-OH is 2. The van der Waals surface area contributed by atoms with Gasteiger partial charge in [-0.2, -0.15) is 0 Å². The van der Waals surface area contributed by atoms with Crippen LogP contribution in [0.5, 0.6) is 0 Å². The fourth-order valence-electron chi connectivity index (χ4n) is 3.06. The van der Waals surface area contributed by atoms with Gasteiger partial charge in [0.1, 0.15) is 12.7 Å². The van der Waals surface area contributed by atoms with Crippen LogP contribution in [0.2, 0.25) is 0 Å². The average molecular weight is 359 g/mol. The molecule has 1 fully saturated rings. The first-order valence-electron chi connectivity index (χ1n) is 10.2. The second-order valence-electron chi connectivity index (χ2n) is 7.36. The highest BCUT2D eigenvalue weighted by atomic mass is 16.6. The zero-order valence-electron chi connectivity index (χ0n) is 16.0. The molecule has 1 saturated heterocycles. The van der Waals surface area contributed by atoms with Gasteiger partial charge in [-0.1, -0.05) is 77.6 Å². The molecule has 1 aliphatic rings. The highest BCUT2D eigenvalue weighted by Gasteiger charge is 2.53. The summed E-state index contributed by atoms with van der Waals surface area (Å²) < 4.78 is 10.3. The van der Waals surface area contributed by atoms with E-state index in [1.807, 2.05) is 0 Å². The Morgan fingerprint density at radius 3 is 1.92 bits per heavy atom. The third kappa shape index (κ3) is 10.2. The molecule has 0 amide bonds. The summed E-state index contributed by atoms with van der Waals surface area (Å²) in [6, 6.07) is 0. The molecule has 0 saturated carbocycles. The Hall–Kier alpha value is -0.650. The molecule has 0 bridgehead atoms. The van der Waals surface area contributed by atoms with Crippen molar-refractivity contribution in [2.24, 2.45) is 0 Å². The van der Waals surface area contributed by atoms with Gasteiger partial charge in [-0.25, -0.2) is 4.79 Å². The molecule has 2 atom stereocenters. The molecule has 0 aliphatic carbocycles. The van der Waals surface area contributed by atoms with E-state index in [1.165, 1.54) is 64.2 Å². The quantitative estimate of drug-likeness (QED) is 0.235. The van der Waals surface area contributed by atoms with Gasteiger partial charge in [0.2, 0.25) is 0 Å². The number of hydrogen-bond acceptors (Lipinski definition) is 5. The summed E-state index contributed by atoms with van der Waals surface area (Å²) in [5.74, 6) is -0.400. The third-order valence-electron chi connectivity index (χ3n) is 4.92. The van der Waals surface area contributed by atoms with E-state index in [0.717, 1.165) is 12.8 Å². The molecule has 0 aromatic carbocycles. The summed E-state index contributed by atoms with van der Waals surface area (Å²) >= 11 is 0. The molecule has 0 aromatic heterocycles. The molecule has 0 unspecified atom stereocenters. The topological polar surface area (TPSA) is 79.3 Å². The number of epoxide rings is 1. The number of ether oxygens (including phenoxy) is 2. The van der Waals surface area contributed by atoms with Gasteiger partial charge in [0.25, 0.3) is 0 Å². The zero-order valence-corrected chi connectivity index (χ0v) is 16.0. The van der Waals surface area contributed by atoms with Gasteiger partial charge in [-0.3, -0.25) is 0 Å². The molecular weight excluding hydrogens is 320 g/mol. The molecule has 0 aromatic rings. The first kappa shape index (κ1) is 22.4. The summed E-state index contributed by atoms with van der Waals surface area (Å²) in [5.41, 5.74) is -0.770. The summed E-state index contributed by atoms with van der Waals surface area (Å²) in [5, 5.41) is 17.9. The highest BCUT2D eigenvalue weighted by Crippen LogP contribution is 2.34. The van der Waals surface area contributed by atoms with Gasteiger partial charge in [0, 0.05) is 0 Å². The summed E-state index contributed by atoms with van der Waals surface area (Å²) in [6.45, 7) is 2.10. The van der Waals surface area contributed by atoms with Crippen LogP contribution in [0.15, 0.2) is 0 Å². The van der Waals surface area contributed by atoms with E-state index < -0.39 is 24.3 Å². The van der Waals surface area contributed by atoms with E-state index in [9.17, 15) is 9.90 Å². The lowest BCUT2D eigenvalue weighted by molar-refractivity contribution is -0.154. The van der Waals surface area contributed by atoms with Crippen molar-refractivity contribution in [2.75, 3.05) is 19.8 Å². The van der Waals surface area contributed by atoms with Crippen LogP contribution < -0.4 is 0 Å². The van der Waals surface area contributed by atoms with Crippen LogP contribution in [0.1, 0.15) is 90.4 Å². The molecule has 5 heteroatoms. The number of unbranched alkanes of at least 4 members (excludes halogenated alkanes) is 11. The average Bonchev–Trinajstić information content (AvgIpc) is 3.41. The van der Waals surface area contributed by atoms with Crippen LogP contribution in [0.4, 0.5) is 0 Å². The second kappa shape index (κ2) is 13.5. The first-order valence-corrected chi connectivity index (χ1v) is 10.2. The van der Waals surface area contributed by atoms with E-state index in [1.54, 1.807) is 0 Å². The molecule has 1 aliphatic heterocycles. The predicted octanol–water partition coefficient (Wildman–Crippen LogP) is 3.74. The van der Waals surface area contributed by atoms with Gasteiger partial charge in [0.05, 0.1) is 13.2 Å². The fourth-order valence-corrected chi connectivity index (χ4v) is 3.06. The van der Waals surface area contributed by atoms with Gasteiger partial charge >= 0.3 is 5.97 Å². The van der Waals surface area contributed by atoms with Crippen molar-refractivity contribution in [1.82, 2.24) is 0 Å². The summed E-state index contributed by atoms with van der Waals surface area (Å²) in [7, 11) is 0. The normalized spacial score (nSPS) is 20.4. The van der Waals surface area contributed by atoms with Crippen LogP contribution in [-0.2, 0) is 14.3 Å². The Kier molecular flexibility index (Phi) is 12.1. The molecule has 1 rings (SSSR count). The zero-order chi connectivity index (χ0) is 18.4. The van der Waals surface area contributed by atoms with Crippen molar-refractivity contribution in [3.63, 3.8) is 0 Å².